The van der Waals surface area contributed by atoms with E-state index < -0.39 is 4.92 Å². The molecule has 0 N–H and O–H groups in total. The van der Waals surface area contributed by atoms with Crippen molar-refractivity contribution in [2.45, 2.75) is 0 Å². The van der Waals surface area contributed by atoms with Gasteiger partial charge in [0.25, 0.3) is 11.6 Å². The zero-order valence-electron chi connectivity index (χ0n) is 16.0. The minimum absolute atomic E-state index is 0.0420. The summed E-state index contributed by atoms with van der Waals surface area (Å²) in [5, 5.41) is 14.0. The molecule has 1 amide bonds. The molecule has 7 nitrogen and oxygen atoms in total. The van der Waals surface area contributed by atoms with Crippen molar-refractivity contribution < 1.29 is 9.72 Å². The normalized spacial score (nSPS) is 14.4. The van der Waals surface area contributed by atoms with Gasteiger partial charge in [0.2, 0.25) is 0 Å². The van der Waals surface area contributed by atoms with Crippen molar-refractivity contribution >= 4 is 49.1 Å². The van der Waals surface area contributed by atoms with E-state index in [1.54, 1.807) is 12.1 Å². The third-order valence-corrected chi connectivity index (χ3v) is 6.48. The summed E-state index contributed by atoms with van der Waals surface area (Å²) in [6.45, 7) is 2.59. The minimum Gasteiger partial charge on any atom is -0.345 e. The van der Waals surface area contributed by atoms with Gasteiger partial charge in [-0.2, -0.15) is 0 Å². The van der Waals surface area contributed by atoms with Crippen LogP contribution in [0.5, 0.6) is 0 Å². The van der Waals surface area contributed by atoms with Crippen molar-refractivity contribution in [2.24, 2.45) is 0 Å². The average Bonchev–Trinajstić information content (AvgIpc) is 3.22. The number of rotatable bonds is 3. The van der Waals surface area contributed by atoms with Crippen LogP contribution in [0.15, 0.2) is 60.7 Å². The van der Waals surface area contributed by atoms with Crippen LogP contribution in [0.25, 0.3) is 21.0 Å². The van der Waals surface area contributed by atoms with Crippen molar-refractivity contribution in [2.75, 3.05) is 31.1 Å². The van der Waals surface area contributed by atoms with E-state index in [1.807, 2.05) is 47.4 Å². The van der Waals surface area contributed by atoms with Gasteiger partial charge >= 0.3 is 0 Å². The Balaban J connectivity index is 1.30. The number of non-ortho nitro benzene ring substituents is 1. The summed E-state index contributed by atoms with van der Waals surface area (Å²) in [6.07, 6.45) is 0. The van der Waals surface area contributed by atoms with Gasteiger partial charge in [0.15, 0.2) is 5.13 Å². The minimum atomic E-state index is -0.393. The molecule has 4 aromatic rings. The third-order valence-electron chi connectivity index (χ3n) is 5.41. The topological polar surface area (TPSA) is 79.6 Å². The summed E-state index contributed by atoms with van der Waals surface area (Å²) in [4.78, 5) is 32.2. The van der Waals surface area contributed by atoms with Crippen LogP contribution in [0.3, 0.4) is 0 Å². The van der Waals surface area contributed by atoms with Crippen molar-refractivity contribution in [1.82, 2.24) is 9.88 Å². The Bertz CT molecular complexity index is 1280. The lowest BCUT2D eigenvalue weighted by atomic mass is 10.1. The van der Waals surface area contributed by atoms with Crippen LogP contribution in [-0.4, -0.2) is 46.9 Å². The molecule has 3 aromatic carbocycles. The van der Waals surface area contributed by atoms with Crippen LogP contribution in [0.4, 0.5) is 10.8 Å². The molecule has 0 unspecified atom stereocenters. The predicted molar refractivity (Wildman–Crippen MR) is 118 cm³/mol. The molecule has 1 aliphatic heterocycles. The van der Waals surface area contributed by atoms with Crippen molar-refractivity contribution in [1.29, 1.82) is 0 Å². The Morgan fingerprint density at radius 3 is 2.50 bits per heavy atom. The molecular formula is C22H18N4O3S. The molecule has 1 aromatic heterocycles. The summed E-state index contributed by atoms with van der Waals surface area (Å²) in [7, 11) is 0. The van der Waals surface area contributed by atoms with Crippen LogP contribution >= 0.6 is 11.3 Å². The van der Waals surface area contributed by atoms with Crippen molar-refractivity contribution in [3.63, 3.8) is 0 Å². The zero-order valence-corrected chi connectivity index (χ0v) is 16.8. The van der Waals surface area contributed by atoms with E-state index in [0.29, 0.717) is 31.7 Å². The maximum atomic E-state index is 13.0. The highest BCUT2D eigenvalue weighted by atomic mass is 32.1. The summed E-state index contributed by atoms with van der Waals surface area (Å²) < 4.78 is 0.800. The lowest BCUT2D eigenvalue weighted by molar-refractivity contribution is -0.384. The lowest BCUT2D eigenvalue weighted by Gasteiger charge is -2.34. The van der Waals surface area contributed by atoms with Crippen LogP contribution in [0, 0.1) is 10.1 Å². The number of anilines is 1. The Morgan fingerprint density at radius 2 is 1.73 bits per heavy atom. The van der Waals surface area contributed by atoms with Crippen molar-refractivity contribution in [3.05, 3.63) is 76.3 Å². The number of fused-ring (bicyclic) bond motifs is 2. The zero-order chi connectivity index (χ0) is 20.7. The largest absolute Gasteiger partial charge is 0.345 e. The molecule has 1 aliphatic rings. The van der Waals surface area contributed by atoms with E-state index in [4.69, 9.17) is 0 Å². The van der Waals surface area contributed by atoms with E-state index in [9.17, 15) is 14.9 Å². The molecule has 0 atom stereocenters. The van der Waals surface area contributed by atoms with Gasteiger partial charge in [0, 0.05) is 43.9 Å². The van der Waals surface area contributed by atoms with Crippen LogP contribution in [0.1, 0.15) is 10.4 Å². The molecule has 0 radical (unpaired) electrons. The number of benzene rings is 3. The molecule has 0 saturated carbocycles. The van der Waals surface area contributed by atoms with Crippen LogP contribution < -0.4 is 4.90 Å². The first kappa shape index (κ1) is 18.5. The standard InChI is InChI=1S/C22H18N4O3S/c27-21(17-6-5-15-3-1-2-4-16(15)13-17)24-9-11-25(12-10-24)22-23-19-8-7-18(26(28)29)14-20(19)30-22/h1-8,13-14H,9-12H2. The van der Waals surface area contributed by atoms with E-state index in [0.717, 1.165) is 26.1 Å². The number of hydrogen-bond acceptors (Lipinski definition) is 6. The molecular weight excluding hydrogens is 400 g/mol. The predicted octanol–water partition coefficient (Wildman–Crippen LogP) is 4.32. The van der Waals surface area contributed by atoms with E-state index in [-0.39, 0.29) is 11.6 Å². The fraction of sp³-hybridized carbons (Fsp3) is 0.182. The second-order valence-corrected chi connectivity index (χ2v) is 8.26. The number of hydrogen-bond donors (Lipinski definition) is 0. The Morgan fingerprint density at radius 1 is 0.967 bits per heavy atom. The Labute approximate surface area is 176 Å². The van der Waals surface area contributed by atoms with Gasteiger partial charge in [-0.25, -0.2) is 4.98 Å². The maximum absolute atomic E-state index is 13.0. The number of thiazole rings is 1. The fourth-order valence-electron chi connectivity index (χ4n) is 3.76. The molecule has 1 saturated heterocycles. The number of piperazine rings is 1. The van der Waals surface area contributed by atoms with Gasteiger partial charge in [0.1, 0.15) is 0 Å². The van der Waals surface area contributed by atoms with Gasteiger partial charge in [-0.1, -0.05) is 41.7 Å². The molecule has 0 aliphatic carbocycles. The SMILES string of the molecule is O=C(c1ccc2ccccc2c1)N1CCN(c2nc3ccc([N+](=O)[O-])cc3s2)CC1. The summed E-state index contributed by atoms with van der Waals surface area (Å²) in [5.41, 5.74) is 1.54. The summed E-state index contributed by atoms with van der Waals surface area (Å²) >= 11 is 1.45. The number of amides is 1. The molecule has 0 spiro atoms. The second-order valence-electron chi connectivity index (χ2n) is 7.25. The smallest absolute Gasteiger partial charge is 0.270 e. The van der Waals surface area contributed by atoms with Crippen LogP contribution in [-0.2, 0) is 0 Å². The van der Waals surface area contributed by atoms with Crippen molar-refractivity contribution in [3.8, 4) is 0 Å². The number of carbonyl (C=O) groups excluding carboxylic acids is 1. The highest BCUT2D eigenvalue weighted by molar-refractivity contribution is 7.22. The molecule has 30 heavy (non-hydrogen) atoms. The first-order valence-corrected chi connectivity index (χ1v) is 10.5. The number of nitro groups is 1. The van der Waals surface area contributed by atoms with E-state index >= 15 is 0 Å². The fourth-order valence-corrected chi connectivity index (χ4v) is 4.81. The molecule has 1 fully saturated rings. The first-order valence-electron chi connectivity index (χ1n) is 9.66. The molecule has 2 heterocycles. The highest BCUT2D eigenvalue weighted by Gasteiger charge is 2.24. The quantitative estimate of drug-likeness (QED) is 0.366. The lowest BCUT2D eigenvalue weighted by Crippen LogP contribution is -2.48. The number of nitro benzene ring substituents is 1. The second kappa shape index (κ2) is 7.38. The Hall–Kier alpha value is -3.52. The van der Waals surface area contributed by atoms with Gasteiger partial charge in [-0.3, -0.25) is 14.9 Å². The maximum Gasteiger partial charge on any atom is 0.270 e. The molecule has 5 rings (SSSR count). The summed E-state index contributed by atoms with van der Waals surface area (Å²) in [5.74, 6) is 0.0420. The van der Waals surface area contributed by atoms with Gasteiger partial charge in [0.05, 0.1) is 15.1 Å². The van der Waals surface area contributed by atoms with Gasteiger partial charge in [-0.15, -0.1) is 0 Å². The van der Waals surface area contributed by atoms with Crippen LogP contribution in [0.2, 0.25) is 0 Å². The van der Waals surface area contributed by atoms with Gasteiger partial charge < -0.3 is 9.80 Å². The molecule has 150 valence electrons. The third kappa shape index (κ3) is 3.35. The van der Waals surface area contributed by atoms with E-state index in [2.05, 4.69) is 9.88 Å². The highest BCUT2D eigenvalue weighted by Crippen LogP contribution is 2.32. The number of aromatic nitrogens is 1. The monoisotopic (exact) mass is 418 g/mol. The average molecular weight is 418 g/mol. The van der Waals surface area contributed by atoms with Gasteiger partial charge in [-0.05, 0) is 29.0 Å². The van der Waals surface area contributed by atoms with E-state index in [1.165, 1.54) is 17.4 Å². The summed E-state index contributed by atoms with van der Waals surface area (Å²) in [6, 6.07) is 18.6. The Kier molecular flexibility index (Phi) is 4.55. The molecule has 8 heteroatoms. The first-order chi connectivity index (χ1) is 14.6. The number of carbonyl (C=O) groups is 1. The number of nitrogens with zero attached hydrogens (tertiary/aromatic N) is 4. The molecule has 0 bridgehead atoms.